The molecule has 0 saturated carbocycles. The van der Waals surface area contributed by atoms with Crippen molar-refractivity contribution in [2.24, 2.45) is 11.5 Å². The first-order valence-corrected chi connectivity index (χ1v) is 5.57. The molecule has 7 heteroatoms. The molecule has 1 fully saturated rings. The molecule has 0 aromatic heterocycles. The van der Waals surface area contributed by atoms with E-state index in [0.29, 0.717) is 6.42 Å². The van der Waals surface area contributed by atoms with E-state index < -0.39 is 30.5 Å². The van der Waals surface area contributed by atoms with Gasteiger partial charge in [-0.3, -0.25) is 4.79 Å². The van der Waals surface area contributed by atoms with Crippen molar-refractivity contribution in [2.75, 3.05) is 26.7 Å². The van der Waals surface area contributed by atoms with Crippen LogP contribution in [-0.2, 0) is 9.53 Å². The first-order valence-electron chi connectivity index (χ1n) is 5.57. The van der Waals surface area contributed by atoms with Crippen molar-refractivity contribution < 1.29 is 18.3 Å². The predicted molar refractivity (Wildman–Crippen MR) is 58.6 cm³/mol. The summed E-state index contributed by atoms with van der Waals surface area (Å²) in [6.45, 7) is -0.133. The zero-order chi connectivity index (χ0) is 13.1. The molecular weight excluding hydrogens is 232 g/mol. The first kappa shape index (κ1) is 14.3. The van der Waals surface area contributed by atoms with Crippen LogP contribution < -0.4 is 11.5 Å². The molecule has 0 aromatic rings. The molecule has 1 saturated heterocycles. The first-order chi connectivity index (χ1) is 7.92. The van der Waals surface area contributed by atoms with Gasteiger partial charge in [-0.05, 0) is 19.4 Å². The Morgan fingerprint density at radius 3 is 2.76 bits per heavy atom. The van der Waals surface area contributed by atoms with E-state index in [1.54, 1.807) is 0 Å². The summed E-state index contributed by atoms with van der Waals surface area (Å²) in [7, 11) is 1.25. The number of likely N-dealkylation sites (tertiary alicyclic amines) is 1. The molecule has 5 nitrogen and oxygen atoms in total. The number of hydrogen-bond donors (Lipinski definition) is 2. The van der Waals surface area contributed by atoms with Crippen molar-refractivity contribution in [2.45, 2.75) is 30.9 Å². The van der Waals surface area contributed by atoms with Crippen LogP contribution in [-0.4, -0.2) is 55.6 Å². The second-order valence-electron chi connectivity index (χ2n) is 4.22. The van der Waals surface area contributed by atoms with E-state index in [1.165, 1.54) is 7.11 Å². The number of amides is 1. The molecule has 0 bridgehead atoms. The summed E-state index contributed by atoms with van der Waals surface area (Å²) >= 11 is 0. The highest BCUT2D eigenvalue weighted by molar-refractivity contribution is 5.81. The second-order valence-corrected chi connectivity index (χ2v) is 4.22. The van der Waals surface area contributed by atoms with Crippen LogP contribution in [0.25, 0.3) is 0 Å². The highest BCUT2D eigenvalue weighted by Gasteiger charge is 2.46. The van der Waals surface area contributed by atoms with Gasteiger partial charge in [0, 0.05) is 13.7 Å². The number of methoxy groups -OCH3 is 1. The maximum Gasteiger partial charge on any atom is 0.290 e. The molecule has 100 valence electrons. The molecule has 4 N–H and O–H groups in total. The van der Waals surface area contributed by atoms with Gasteiger partial charge in [-0.25, -0.2) is 8.78 Å². The molecule has 1 aliphatic heterocycles. The number of alkyl halides is 2. The molecule has 1 amide bonds. The number of carbonyl (C=O) groups is 1. The molecule has 0 aliphatic carbocycles. The van der Waals surface area contributed by atoms with Crippen LogP contribution >= 0.6 is 0 Å². The van der Waals surface area contributed by atoms with E-state index >= 15 is 0 Å². The Balaban J connectivity index is 2.61. The summed E-state index contributed by atoms with van der Waals surface area (Å²) in [5, 5.41) is 0. The molecule has 0 aromatic carbocycles. The monoisotopic (exact) mass is 251 g/mol. The number of ether oxygens (including phenoxy) is 1. The lowest BCUT2D eigenvalue weighted by atomic mass is 10.0. The molecule has 1 aliphatic rings. The quantitative estimate of drug-likeness (QED) is 0.708. The van der Waals surface area contributed by atoms with Gasteiger partial charge >= 0.3 is 0 Å². The van der Waals surface area contributed by atoms with Crippen LogP contribution in [0.3, 0.4) is 0 Å². The van der Waals surface area contributed by atoms with Gasteiger partial charge in [-0.1, -0.05) is 0 Å². The highest BCUT2D eigenvalue weighted by atomic mass is 19.3. The third-order valence-electron chi connectivity index (χ3n) is 2.92. The molecule has 2 atom stereocenters. The third kappa shape index (κ3) is 3.34. The van der Waals surface area contributed by atoms with Gasteiger partial charge in [0.05, 0.1) is 12.6 Å². The van der Waals surface area contributed by atoms with Crippen molar-refractivity contribution in [3.8, 4) is 0 Å². The van der Waals surface area contributed by atoms with Crippen LogP contribution in [0.15, 0.2) is 0 Å². The minimum absolute atomic E-state index is 0.116. The number of halogens is 2. The standard InChI is InChI=1S/C10H19F2N3O2/c1-17-8-3-5-15(6-10(8,11)12)9(16)7(14)2-4-13/h7-8H,2-6,13-14H2,1H3/t7?,8-/m0/s1. The zero-order valence-corrected chi connectivity index (χ0v) is 9.86. The van der Waals surface area contributed by atoms with Gasteiger partial charge in [-0.2, -0.15) is 0 Å². The topological polar surface area (TPSA) is 81.6 Å². The van der Waals surface area contributed by atoms with Crippen molar-refractivity contribution in [3.63, 3.8) is 0 Å². The van der Waals surface area contributed by atoms with Gasteiger partial charge in [0.2, 0.25) is 5.91 Å². The number of piperidine rings is 1. The van der Waals surface area contributed by atoms with Gasteiger partial charge in [0.25, 0.3) is 5.92 Å². The van der Waals surface area contributed by atoms with Crippen LogP contribution in [0.5, 0.6) is 0 Å². The Morgan fingerprint density at radius 1 is 1.65 bits per heavy atom. The fourth-order valence-corrected chi connectivity index (χ4v) is 1.94. The minimum Gasteiger partial charge on any atom is -0.375 e. The maximum atomic E-state index is 13.5. The summed E-state index contributed by atoms with van der Waals surface area (Å²) in [6.07, 6.45) is -0.712. The van der Waals surface area contributed by atoms with Crippen LogP contribution in [0.2, 0.25) is 0 Å². The van der Waals surface area contributed by atoms with Gasteiger partial charge in [0.1, 0.15) is 6.10 Å². The Kier molecular flexibility index (Phi) is 4.79. The number of rotatable bonds is 4. The van der Waals surface area contributed by atoms with Crippen LogP contribution in [0, 0.1) is 0 Å². The zero-order valence-electron chi connectivity index (χ0n) is 9.86. The van der Waals surface area contributed by atoms with Crippen LogP contribution in [0.1, 0.15) is 12.8 Å². The largest absolute Gasteiger partial charge is 0.375 e. The lowest BCUT2D eigenvalue weighted by Crippen LogP contribution is -2.57. The Morgan fingerprint density at radius 2 is 2.29 bits per heavy atom. The van der Waals surface area contributed by atoms with Crippen LogP contribution in [0.4, 0.5) is 8.78 Å². The third-order valence-corrected chi connectivity index (χ3v) is 2.92. The lowest BCUT2D eigenvalue weighted by molar-refractivity contribution is -0.173. The summed E-state index contributed by atoms with van der Waals surface area (Å²) in [5.74, 6) is -3.49. The molecular formula is C10H19F2N3O2. The summed E-state index contributed by atoms with van der Waals surface area (Å²) < 4.78 is 31.8. The predicted octanol–water partition coefficient (Wildman–Crippen LogP) is -0.455. The fraction of sp³-hybridized carbons (Fsp3) is 0.900. The molecule has 0 radical (unpaired) electrons. The van der Waals surface area contributed by atoms with E-state index in [-0.39, 0.29) is 19.5 Å². The van der Waals surface area contributed by atoms with Gasteiger partial charge in [-0.15, -0.1) is 0 Å². The summed E-state index contributed by atoms with van der Waals surface area (Å²) in [5.41, 5.74) is 10.8. The van der Waals surface area contributed by atoms with Crippen molar-refractivity contribution >= 4 is 5.91 Å². The van der Waals surface area contributed by atoms with E-state index in [4.69, 9.17) is 16.2 Å². The van der Waals surface area contributed by atoms with E-state index in [2.05, 4.69) is 0 Å². The average Bonchev–Trinajstić information content (AvgIpc) is 2.27. The molecule has 17 heavy (non-hydrogen) atoms. The fourth-order valence-electron chi connectivity index (χ4n) is 1.94. The Labute approximate surface area is 99.1 Å². The number of nitrogens with zero attached hydrogens (tertiary/aromatic N) is 1. The molecule has 0 spiro atoms. The smallest absolute Gasteiger partial charge is 0.290 e. The number of carbonyl (C=O) groups excluding carboxylic acids is 1. The Hall–Kier alpha value is -0.790. The maximum absolute atomic E-state index is 13.5. The van der Waals surface area contributed by atoms with Gasteiger partial charge in [0.15, 0.2) is 0 Å². The summed E-state index contributed by atoms with van der Waals surface area (Å²) in [4.78, 5) is 12.8. The Bertz CT molecular complexity index is 276. The average molecular weight is 251 g/mol. The second kappa shape index (κ2) is 5.70. The van der Waals surface area contributed by atoms with Gasteiger partial charge < -0.3 is 21.1 Å². The summed E-state index contributed by atoms with van der Waals surface area (Å²) in [6, 6.07) is -0.796. The highest BCUT2D eigenvalue weighted by Crippen LogP contribution is 2.29. The molecule has 1 unspecified atom stereocenters. The normalized spacial score (nSPS) is 25.7. The van der Waals surface area contributed by atoms with Crippen molar-refractivity contribution in [1.82, 2.24) is 4.90 Å². The minimum atomic E-state index is -3.02. The van der Waals surface area contributed by atoms with Crippen molar-refractivity contribution in [3.05, 3.63) is 0 Å². The van der Waals surface area contributed by atoms with Crippen molar-refractivity contribution in [1.29, 1.82) is 0 Å². The number of nitrogens with two attached hydrogens (primary N) is 2. The SMILES string of the molecule is CO[C@H]1CCN(C(=O)C(N)CCN)CC1(F)F. The number of hydrogen-bond acceptors (Lipinski definition) is 4. The lowest BCUT2D eigenvalue weighted by Gasteiger charge is -2.38. The molecule has 1 rings (SSSR count). The van der Waals surface area contributed by atoms with E-state index in [9.17, 15) is 13.6 Å². The van der Waals surface area contributed by atoms with E-state index in [1.807, 2.05) is 0 Å². The van der Waals surface area contributed by atoms with E-state index in [0.717, 1.165) is 4.90 Å². The molecule has 1 heterocycles.